The molecule has 0 bridgehead atoms. The van der Waals surface area contributed by atoms with E-state index in [4.69, 9.17) is 16.3 Å². The molecule has 116 valence electrons. The van der Waals surface area contributed by atoms with Crippen molar-refractivity contribution in [2.24, 2.45) is 0 Å². The lowest BCUT2D eigenvalue weighted by Crippen LogP contribution is -2.57. The lowest BCUT2D eigenvalue weighted by Gasteiger charge is -2.34. The standard InChI is InChI=1S/C14H20ClN3O3/c1-5-21-13(20)18(14(2,3)4)17-12(19)16-11-9-7-6-8-10(11)15/h6-9H,5H2,1-4H3,(H2,16,17,19). The van der Waals surface area contributed by atoms with E-state index in [9.17, 15) is 9.59 Å². The van der Waals surface area contributed by atoms with Crippen LogP contribution in [0.2, 0.25) is 5.02 Å². The van der Waals surface area contributed by atoms with Gasteiger partial charge in [-0.3, -0.25) is 0 Å². The molecule has 0 unspecified atom stereocenters. The van der Waals surface area contributed by atoms with Gasteiger partial charge in [0, 0.05) is 0 Å². The number of para-hydroxylation sites is 1. The monoisotopic (exact) mass is 313 g/mol. The fourth-order valence-electron chi connectivity index (χ4n) is 1.49. The Bertz CT molecular complexity index is 514. The number of nitrogens with zero attached hydrogens (tertiary/aromatic N) is 1. The maximum absolute atomic E-state index is 12.0. The molecule has 7 heteroatoms. The summed E-state index contributed by atoms with van der Waals surface area (Å²) in [7, 11) is 0. The van der Waals surface area contributed by atoms with Gasteiger partial charge in [-0.1, -0.05) is 23.7 Å². The average Bonchev–Trinajstić information content (AvgIpc) is 2.37. The molecule has 3 amide bonds. The predicted octanol–water partition coefficient (Wildman–Crippen LogP) is 3.63. The summed E-state index contributed by atoms with van der Waals surface area (Å²) in [4.78, 5) is 23.9. The number of urea groups is 1. The van der Waals surface area contributed by atoms with Crippen LogP contribution in [0.5, 0.6) is 0 Å². The summed E-state index contributed by atoms with van der Waals surface area (Å²) in [6, 6.07) is 6.24. The Morgan fingerprint density at radius 2 is 1.90 bits per heavy atom. The van der Waals surface area contributed by atoms with Gasteiger partial charge in [0.25, 0.3) is 0 Å². The molecule has 2 N–H and O–H groups in total. The smallest absolute Gasteiger partial charge is 0.429 e. The van der Waals surface area contributed by atoms with Crippen LogP contribution in [0.15, 0.2) is 24.3 Å². The summed E-state index contributed by atoms with van der Waals surface area (Å²) < 4.78 is 4.92. The summed E-state index contributed by atoms with van der Waals surface area (Å²) in [6.07, 6.45) is -0.626. The SMILES string of the molecule is CCOC(=O)N(NC(=O)Nc1ccccc1Cl)C(C)(C)C. The Hall–Kier alpha value is -1.95. The molecule has 1 aromatic rings. The second kappa shape index (κ2) is 7.17. The zero-order chi connectivity index (χ0) is 16.0. The molecular formula is C14H20ClN3O3. The van der Waals surface area contributed by atoms with Gasteiger partial charge >= 0.3 is 12.1 Å². The summed E-state index contributed by atoms with van der Waals surface area (Å²) in [5, 5.41) is 4.11. The highest BCUT2D eigenvalue weighted by atomic mass is 35.5. The van der Waals surface area contributed by atoms with Crippen LogP contribution in [0, 0.1) is 0 Å². The summed E-state index contributed by atoms with van der Waals surface area (Å²) >= 11 is 5.96. The number of hydrazine groups is 1. The van der Waals surface area contributed by atoms with Crippen molar-refractivity contribution >= 4 is 29.4 Å². The number of hydrogen-bond donors (Lipinski definition) is 2. The van der Waals surface area contributed by atoms with Gasteiger partial charge in [-0.25, -0.2) is 20.0 Å². The van der Waals surface area contributed by atoms with Crippen LogP contribution in [0.1, 0.15) is 27.7 Å². The first-order chi connectivity index (χ1) is 9.75. The molecule has 0 heterocycles. The highest BCUT2D eigenvalue weighted by Gasteiger charge is 2.29. The Morgan fingerprint density at radius 1 is 1.29 bits per heavy atom. The Morgan fingerprint density at radius 3 is 2.43 bits per heavy atom. The largest absolute Gasteiger partial charge is 0.448 e. The highest BCUT2D eigenvalue weighted by molar-refractivity contribution is 6.33. The molecule has 0 fully saturated rings. The number of carbonyl (C=O) groups excluding carboxylic acids is 2. The van der Waals surface area contributed by atoms with Crippen molar-refractivity contribution in [3.8, 4) is 0 Å². The van der Waals surface area contributed by atoms with Gasteiger partial charge in [0.15, 0.2) is 0 Å². The molecule has 1 rings (SSSR count). The molecule has 1 aromatic carbocycles. The molecule has 0 aliphatic carbocycles. The van der Waals surface area contributed by atoms with Crippen LogP contribution in [-0.2, 0) is 4.74 Å². The third-order valence-corrected chi connectivity index (χ3v) is 2.79. The predicted molar refractivity (Wildman–Crippen MR) is 82.2 cm³/mol. The van der Waals surface area contributed by atoms with Crippen LogP contribution < -0.4 is 10.7 Å². The lowest BCUT2D eigenvalue weighted by molar-refractivity contribution is 0.0505. The number of carbonyl (C=O) groups is 2. The van der Waals surface area contributed by atoms with Gasteiger partial charge in [-0.05, 0) is 39.8 Å². The second-order valence-corrected chi connectivity index (χ2v) is 5.66. The van der Waals surface area contributed by atoms with Crippen LogP contribution in [-0.4, -0.2) is 29.3 Å². The number of hydrogen-bond acceptors (Lipinski definition) is 3. The Kier molecular flexibility index (Phi) is 5.84. The normalized spacial score (nSPS) is 10.7. The van der Waals surface area contributed by atoms with E-state index in [1.54, 1.807) is 52.0 Å². The zero-order valence-electron chi connectivity index (χ0n) is 12.6. The molecule has 0 saturated heterocycles. The molecule has 0 aliphatic heterocycles. The maximum Gasteiger partial charge on any atom is 0.429 e. The van der Waals surface area contributed by atoms with E-state index in [-0.39, 0.29) is 6.61 Å². The first-order valence-corrected chi connectivity index (χ1v) is 6.92. The van der Waals surface area contributed by atoms with Crippen molar-refractivity contribution in [3.63, 3.8) is 0 Å². The highest BCUT2D eigenvalue weighted by Crippen LogP contribution is 2.20. The number of anilines is 1. The minimum Gasteiger partial charge on any atom is -0.448 e. The number of halogens is 1. The third kappa shape index (κ3) is 5.15. The van der Waals surface area contributed by atoms with Crippen LogP contribution in [0.3, 0.4) is 0 Å². The van der Waals surface area contributed by atoms with Gasteiger partial charge in [0.1, 0.15) is 0 Å². The molecule has 21 heavy (non-hydrogen) atoms. The fraction of sp³-hybridized carbons (Fsp3) is 0.429. The van der Waals surface area contributed by atoms with E-state index in [1.807, 2.05) is 0 Å². The molecular weight excluding hydrogens is 294 g/mol. The molecule has 0 spiro atoms. The third-order valence-electron chi connectivity index (χ3n) is 2.46. The summed E-state index contributed by atoms with van der Waals surface area (Å²) in [6.45, 7) is 7.25. The summed E-state index contributed by atoms with van der Waals surface area (Å²) in [5.74, 6) is 0. The van der Waals surface area contributed by atoms with E-state index < -0.39 is 17.7 Å². The Labute approximate surface area is 129 Å². The maximum atomic E-state index is 12.0. The van der Waals surface area contributed by atoms with Gasteiger partial charge in [0.2, 0.25) is 0 Å². The number of nitrogens with one attached hydrogen (secondary N) is 2. The van der Waals surface area contributed by atoms with Crippen molar-refractivity contribution < 1.29 is 14.3 Å². The topological polar surface area (TPSA) is 70.7 Å². The van der Waals surface area contributed by atoms with E-state index in [2.05, 4.69) is 10.7 Å². The minimum atomic E-state index is -0.635. The fourth-order valence-corrected chi connectivity index (χ4v) is 1.67. The van der Waals surface area contributed by atoms with E-state index in [1.165, 1.54) is 0 Å². The molecule has 0 radical (unpaired) electrons. The van der Waals surface area contributed by atoms with Crippen LogP contribution in [0.25, 0.3) is 0 Å². The van der Waals surface area contributed by atoms with Crippen molar-refractivity contribution in [3.05, 3.63) is 29.3 Å². The number of amides is 3. The van der Waals surface area contributed by atoms with E-state index >= 15 is 0 Å². The van der Waals surface area contributed by atoms with Crippen molar-refractivity contribution in [1.82, 2.24) is 10.4 Å². The molecule has 0 aliphatic rings. The minimum absolute atomic E-state index is 0.221. The van der Waals surface area contributed by atoms with Gasteiger partial charge in [-0.15, -0.1) is 0 Å². The first-order valence-electron chi connectivity index (χ1n) is 6.55. The quantitative estimate of drug-likeness (QED) is 0.819. The second-order valence-electron chi connectivity index (χ2n) is 5.25. The van der Waals surface area contributed by atoms with Gasteiger partial charge in [0.05, 0.1) is 22.9 Å². The number of rotatable bonds is 2. The van der Waals surface area contributed by atoms with E-state index in [0.717, 1.165) is 5.01 Å². The van der Waals surface area contributed by atoms with Crippen LogP contribution in [0.4, 0.5) is 15.3 Å². The molecule has 6 nitrogen and oxygen atoms in total. The Balaban J connectivity index is 2.77. The lowest BCUT2D eigenvalue weighted by atomic mass is 10.1. The van der Waals surface area contributed by atoms with E-state index in [0.29, 0.717) is 10.7 Å². The average molecular weight is 314 g/mol. The molecule has 0 saturated carbocycles. The summed E-state index contributed by atoms with van der Waals surface area (Å²) in [5.41, 5.74) is 2.29. The zero-order valence-corrected chi connectivity index (χ0v) is 13.3. The molecule has 0 aromatic heterocycles. The van der Waals surface area contributed by atoms with Gasteiger partial charge in [-0.2, -0.15) is 0 Å². The molecule has 0 atom stereocenters. The van der Waals surface area contributed by atoms with Gasteiger partial charge < -0.3 is 10.1 Å². The number of benzene rings is 1. The van der Waals surface area contributed by atoms with Crippen molar-refractivity contribution in [1.29, 1.82) is 0 Å². The first kappa shape index (κ1) is 17.1. The van der Waals surface area contributed by atoms with Crippen LogP contribution >= 0.6 is 11.6 Å². The van der Waals surface area contributed by atoms with Crippen molar-refractivity contribution in [2.45, 2.75) is 33.2 Å². The number of ether oxygens (including phenoxy) is 1. The van der Waals surface area contributed by atoms with Crippen molar-refractivity contribution in [2.75, 3.05) is 11.9 Å².